The van der Waals surface area contributed by atoms with Crippen LogP contribution in [-0.2, 0) is 20.8 Å². The van der Waals surface area contributed by atoms with Crippen molar-refractivity contribution in [1.82, 2.24) is 4.57 Å². The first-order valence-corrected chi connectivity index (χ1v) is 6.29. The van der Waals surface area contributed by atoms with Gasteiger partial charge >= 0.3 is 11.9 Å². The molecule has 0 spiro atoms. The van der Waals surface area contributed by atoms with Gasteiger partial charge < -0.3 is 14.0 Å². The minimum Gasteiger partial charge on any atom is -0.469 e. The molecule has 1 aromatic rings. The first-order chi connectivity index (χ1) is 9.64. The quantitative estimate of drug-likeness (QED) is 0.467. The van der Waals surface area contributed by atoms with Crippen molar-refractivity contribution in [2.45, 2.75) is 39.3 Å². The minimum absolute atomic E-state index is 0.00185. The summed E-state index contributed by atoms with van der Waals surface area (Å²) in [5, 5.41) is 10.8. The van der Waals surface area contributed by atoms with Gasteiger partial charge in [0.1, 0.15) is 11.3 Å². The molecule has 8 heteroatoms. The molecular formula is C13H18N2O6. The second kappa shape index (κ2) is 6.38. The Labute approximate surface area is 121 Å². The predicted molar refractivity (Wildman–Crippen MR) is 72.9 cm³/mol. The monoisotopic (exact) mass is 298 g/mol. The van der Waals surface area contributed by atoms with E-state index in [4.69, 9.17) is 4.74 Å². The number of carbonyl (C=O) groups excluding carboxylic acids is 2. The van der Waals surface area contributed by atoms with Crippen LogP contribution in [0.3, 0.4) is 0 Å². The number of esters is 2. The standard InChI is InChI=1S/C13H18N2O6/c1-13(2,3)21-12(17)10-7-9(15(18)19)8-14(10)6-5-11(16)20-4/h7-8H,5-6H2,1-4H3. The van der Waals surface area contributed by atoms with Crippen LogP contribution in [0.15, 0.2) is 12.3 Å². The normalized spacial score (nSPS) is 11.0. The Bertz CT molecular complexity index is 555. The first-order valence-electron chi connectivity index (χ1n) is 6.29. The Kier molecular flexibility index (Phi) is 5.07. The largest absolute Gasteiger partial charge is 0.469 e. The molecule has 0 aliphatic carbocycles. The fraction of sp³-hybridized carbons (Fsp3) is 0.538. The van der Waals surface area contributed by atoms with Crippen molar-refractivity contribution in [3.63, 3.8) is 0 Å². The molecule has 0 radical (unpaired) electrons. The van der Waals surface area contributed by atoms with Crippen LogP contribution in [0, 0.1) is 10.1 Å². The van der Waals surface area contributed by atoms with Gasteiger partial charge in [-0.3, -0.25) is 14.9 Å². The van der Waals surface area contributed by atoms with E-state index < -0.39 is 22.5 Å². The number of carbonyl (C=O) groups is 2. The highest BCUT2D eigenvalue weighted by Crippen LogP contribution is 2.20. The van der Waals surface area contributed by atoms with E-state index in [0.717, 1.165) is 6.07 Å². The number of nitro groups is 1. The predicted octanol–water partition coefficient (Wildman–Crippen LogP) is 1.91. The maximum absolute atomic E-state index is 12.0. The van der Waals surface area contributed by atoms with Gasteiger partial charge in [-0.1, -0.05) is 0 Å². The first kappa shape index (κ1) is 16.7. The SMILES string of the molecule is COC(=O)CCn1cc([N+](=O)[O-])cc1C(=O)OC(C)(C)C. The Hall–Kier alpha value is -2.38. The van der Waals surface area contributed by atoms with Gasteiger partial charge in [-0.2, -0.15) is 0 Å². The number of hydrogen-bond donors (Lipinski definition) is 0. The zero-order valence-corrected chi connectivity index (χ0v) is 12.4. The lowest BCUT2D eigenvalue weighted by atomic mass is 10.2. The van der Waals surface area contributed by atoms with E-state index in [0.29, 0.717) is 0 Å². The van der Waals surface area contributed by atoms with E-state index in [1.54, 1.807) is 20.8 Å². The summed E-state index contributed by atoms with van der Waals surface area (Å²) in [6.07, 6.45) is 1.19. The van der Waals surface area contributed by atoms with E-state index in [1.165, 1.54) is 17.9 Å². The van der Waals surface area contributed by atoms with Gasteiger partial charge in [-0.15, -0.1) is 0 Å². The van der Waals surface area contributed by atoms with Gasteiger partial charge in [0, 0.05) is 12.6 Å². The van der Waals surface area contributed by atoms with Crippen molar-refractivity contribution in [3.05, 3.63) is 28.1 Å². The lowest BCUT2D eigenvalue weighted by molar-refractivity contribution is -0.384. The summed E-state index contributed by atoms with van der Waals surface area (Å²) in [5.41, 5.74) is -0.926. The average molecular weight is 298 g/mol. The highest BCUT2D eigenvalue weighted by molar-refractivity contribution is 5.89. The molecule has 1 aromatic heterocycles. The minimum atomic E-state index is -0.719. The molecule has 0 N–H and O–H groups in total. The Morgan fingerprint density at radius 3 is 2.48 bits per heavy atom. The van der Waals surface area contributed by atoms with E-state index >= 15 is 0 Å². The zero-order valence-electron chi connectivity index (χ0n) is 12.4. The molecular weight excluding hydrogens is 280 g/mol. The van der Waals surface area contributed by atoms with Crippen LogP contribution in [-0.4, -0.2) is 34.1 Å². The summed E-state index contributed by atoms with van der Waals surface area (Å²) in [7, 11) is 1.25. The molecule has 1 heterocycles. The molecule has 1 rings (SSSR count). The van der Waals surface area contributed by atoms with Gasteiger partial charge in [-0.05, 0) is 20.8 Å². The van der Waals surface area contributed by atoms with Crippen molar-refractivity contribution in [3.8, 4) is 0 Å². The smallest absolute Gasteiger partial charge is 0.355 e. The molecule has 0 aliphatic rings. The molecule has 21 heavy (non-hydrogen) atoms. The zero-order chi connectivity index (χ0) is 16.2. The lowest BCUT2D eigenvalue weighted by Gasteiger charge is -2.19. The van der Waals surface area contributed by atoms with Gasteiger partial charge in [0.05, 0.1) is 24.7 Å². The van der Waals surface area contributed by atoms with Crippen LogP contribution in [0.2, 0.25) is 0 Å². The van der Waals surface area contributed by atoms with Gasteiger partial charge in [-0.25, -0.2) is 4.79 Å². The topological polar surface area (TPSA) is 101 Å². The summed E-state index contributed by atoms with van der Waals surface area (Å²) in [4.78, 5) is 33.4. The molecule has 0 fully saturated rings. The van der Waals surface area contributed by atoms with Crippen molar-refractivity contribution in [1.29, 1.82) is 0 Å². The molecule has 0 bridgehead atoms. The molecule has 0 unspecified atom stereocenters. The number of aromatic nitrogens is 1. The number of methoxy groups -OCH3 is 1. The average Bonchev–Trinajstić information content (AvgIpc) is 2.78. The van der Waals surface area contributed by atoms with E-state index in [2.05, 4.69) is 4.74 Å². The summed E-state index contributed by atoms with van der Waals surface area (Å²) >= 11 is 0. The number of rotatable bonds is 5. The molecule has 0 saturated carbocycles. The lowest BCUT2D eigenvalue weighted by Crippen LogP contribution is -2.25. The van der Waals surface area contributed by atoms with Gasteiger partial charge in [0.15, 0.2) is 0 Å². The third-order valence-electron chi connectivity index (χ3n) is 2.49. The highest BCUT2D eigenvalue weighted by Gasteiger charge is 2.24. The van der Waals surface area contributed by atoms with E-state index in [1.807, 2.05) is 0 Å². The van der Waals surface area contributed by atoms with Crippen molar-refractivity contribution in [2.75, 3.05) is 7.11 Å². The number of aryl methyl sites for hydroxylation is 1. The molecule has 0 aliphatic heterocycles. The van der Waals surface area contributed by atoms with Crippen molar-refractivity contribution in [2.24, 2.45) is 0 Å². The van der Waals surface area contributed by atoms with Crippen LogP contribution in [0.1, 0.15) is 37.7 Å². The molecule has 0 amide bonds. The Balaban J connectivity index is 3.02. The molecule has 0 saturated heterocycles. The summed E-state index contributed by atoms with van der Waals surface area (Å²) < 4.78 is 11.0. The van der Waals surface area contributed by atoms with Crippen LogP contribution in [0.5, 0.6) is 0 Å². The third kappa shape index (κ3) is 4.90. The molecule has 0 atom stereocenters. The second-order valence-corrected chi connectivity index (χ2v) is 5.36. The maximum Gasteiger partial charge on any atom is 0.355 e. The fourth-order valence-corrected chi connectivity index (χ4v) is 1.59. The maximum atomic E-state index is 12.0. The molecule has 116 valence electrons. The van der Waals surface area contributed by atoms with Crippen LogP contribution >= 0.6 is 0 Å². The van der Waals surface area contributed by atoms with Crippen LogP contribution in [0.4, 0.5) is 5.69 Å². The second-order valence-electron chi connectivity index (χ2n) is 5.36. The number of hydrogen-bond acceptors (Lipinski definition) is 6. The molecule has 0 aromatic carbocycles. The molecule has 8 nitrogen and oxygen atoms in total. The highest BCUT2D eigenvalue weighted by atomic mass is 16.6. The summed E-state index contributed by atoms with van der Waals surface area (Å²) in [6.45, 7) is 5.18. The third-order valence-corrected chi connectivity index (χ3v) is 2.49. The van der Waals surface area contributed by atoms with E-state index in [9.17, 15) is 19.7 Å². The Morgan fingerprint density at radius 2 is 2.00 bits per heavy atom. The van der Waals surface area contributed by atoms with Crippen molar-refractivity contribution >= 4 is 17.6 Å². The Morgan fingerprint density at radius 1 is 1.38 bits per heavy atom. The summed E-state index contributed by atoms with van der Waals surface area (Å²) in [6, 6.07) is 1.13. The number of ether oxygens (including phenoxy) is 2. The van der Waals surface area contributed by atoms with Crippen LogP contribution < -0.4 is 0 Å². The number of nitrogens with zero attached hydrogens (tertiary/aromatic N) is 2. The summed E-state index contributed by atoms with van der Waals surface area (Å²) in [5.74, 6) is -1.15. The van der Waals surface area contributed by atoms with E-state index in [-0.39, 0.29) is 24.3 Å². The van der Waals surface area contributed by atoms with Crippen LogP contribution in [0.25, 0.3) is 0 Å². The van der Waals surface area contributed by atoms with Crippen molar-refractivity contribution < 1.29 is 24.0 Å². The van der Waals surface area contributed by atoms with Gasteiger partial charge in [0.25, 0.3) is 5.69 Å². The van der Waals surface area contributed by atoms with Gasteiger partial charge in [0.2, 0.25) is 0 Å². The fourth-order valence-electron chi connectivity index (χ4n) is 1.59.